The molecular weight excluding hydrogens is 282 g/mol. The van der Waals surface area contributed by atoms with Crippen LogP contribution in [-0.4, -0.2) is 65.7 Å². The Balaban J connectivity index is 1.50. The van der Waals surface area contributed by atoms with Gasteiger partial charge in [0, 0.05) is 25.7 Å². The Kier molecular flexibility index (Phi) is 4.41. The Bertz CT molecular complexity index is 450. The summed E-state index contributed by atoms with van der Waals surface area (Å²) in [6, 6.07) is 0.273. The Morgan fingerprint density at radius 2 is 2.00 bits per heavy atom. The van der Waals surface area contributed by atoms with Crippen LogP contribution in [0.4, 0.5) is 4.79 Å². The monoisotopic (exact) mass is 309 g/mol. The van der Waals surface area contributed by atoms with Gasteiger partial charge in [-0.3, -0.25) is 14.6 Å². The lowest BCUT2D eigenvalue weighted by Crippen LogP contribution is -2.53. The number of hydrogen-bond acceptors (Lipinski definition) is 4. The molecule has 2 heterocycles. The molecule has 2 aliphatic heterocycles. The molecule has 3 rings (SSSR count). The van der Waals surface area contributed by atoms with E-state index >= 15 is 0 Å². The summed E-state index contributed by atoms with van der Waals surface area (Å²) in [5.41, 5.74) is -0.759. The van der Waals surface area contributed by atoms with Crippen LogP contribution in [0.25, 0.3) is 0 Å². The number of rotatable bonds is 4. The molecule has 6 nitrogen and oxygen atoms in total. The normalized spacial score (nSPS) is 32.0. The SMILES string of the molecule is CC1(C)NC(=O)N(CCCN2CCO[C@H]3CCCC[C@H]32)C1=O. The molecular formula is C16H27N3O3. The Morgan fingerprint density at radius 1 is 1.23 bits per heavy atom. The highest BCUT2D eigenvalue weighted by molar-refractivity contribution is 6.06. The number of fused-ring (bicyclic) bond motifs is 1. The highest BCUT2D eigenvalue weighted by atomic mass is 16.5. The number of urea groups is 1. The molecule has 1 aliphatic carbocycles. The first-order chi connectivity index (χ1) is 10.5. The van der Waals surface area contributed by atoms with E-state index in [-0.39, 0.29) is 11.9 Å². The van der Waals surface area contributed by atoms with Gasteiger partial charge in [0.1, 0.15) is 5.54 Å². The fourth-order valence-electron chi connectivity index (χ4n) is 3.91. The first-order valence-electron chi connectivity index (χ1n) is 8.49. The van der Waals surface area contributed by atoms with Crippen molar-refractivity contribution in [3.63, 3.8) is 0 Å². The van der Waals surface area contributed by atoms with Gasteiger partial charge in [-0.25, -0.2) is 4.79 Å². The van der Waals surface area contributed by atoms with E-state index < -0.39 is 5.54 Å². The van der Waals surface area contributed by atoms with E-state index in [1.165, 1.54) is 30.6 Å². The van der Waals surface area contributed by atoms with E-state index in [4.69, 9.17) is 4.74 Å². The Morgan fingerprint density at radius 3 is 2.73 bits per heavy atom. The molecule has 0 aromatic rings. The zero-order chi connectivity index (χ0) is 15.7. The highest BCUT2D eigenvalue weighted by Gasteiger charge is 2.44. The van der Waals surface area contributed by atoms with Crippen LogP contribution in [0.3, 0.4) is 0 Å². The van der Waals surface area contributed by atoms with Crippen LogP contribution in [0, 0.1) is 0 Å². The maximum atomic E-state index is 12.2. The predicted octanol–water partition coefficient (Wildman–Crippen LogP) is 1.35. The molecule has 0 unspecified atom stereocenters. The van der Waals surface area contributed by atoms with E-state index in [9.17, 15) is 9.59 Å². The van der Waals surface area contributed by atoms with Crippen LogP contribution in [0.1, 0.15) is 46.0 Å². The molecule has 2 atom stereocenters. The number of ether oxygens (including phenoxy) is 1. The average molecular weight is 309 g/mol. The second-order valence-electron chi connectivity index (χ2n) is 7.16. The zero-order valence-corrected chi connectivity index (χ0v) is 13.6. The number of amides is 3. The van der Waals surface area contributed by atoms with E-state index in [1.54, 1.807) is 13.8 Å². The molecule has 3 fully saturated rings. The quantitative estimate of drug-likeness (QED) is 0.796. The van der Waals surface area contributed by atoms with E-state index in [0.717, 1.165) is 26.1 Å². The molecule has 124 valence electrons. The molecule has 3 aliphatic rings. The molecule has 1 saturated carbocycles. The number of carbonyl (C=O) groups is 2. The van der Waals surface area contributed by atoms with E-state index in [1.807, 2.05) is 0 Å². The van der Waals surface area contributed by atoms with Crippen LogP contribution in [-0.2, 0) is 9.53 Å². The van der Waals surface area contributed by atoms with Gasteiger partial charge in [-0.15, -0.1) is 0 Å². The van der Waals surface area contributed by atoms with Crippen molar-refractivity contribution in [3.05, 3.63) is 0 Å². The molecule has 0 bridgehead atoms. The summed E-state index contributed by atoms with van der Waals surface area (Å²) in [7, 11) is 0. The van der Waals surface area contributed by atoms with Crippen molar-refractivity contribution in [1.82, 2.24) is 15.1 Å². The standard InChI is InChI=1S/C16H27N3O3/c1-16(2)14(20)19(15(21)17-16)9-5-8-18-10-11-22-13-7-4-3-6-12(13)18/h12-13H,3-11H2,1-2H3,(H,17,21)/t12-,13+/m1/s1. The maximum Gasteiger partial charge on any atom is 0.325 e. The largest absolute Gasteiger partial charge is 0.375 e. The van der Waals surface area contributed by atoms with Crippen LogP contribution < -0.4 is 5.32 Å². The number of hydrogen-bond donors (Lipinski definition) is 1. The topological polar surface area (TPSA) is 61.9 Å². The highest BCUT2D eigenvalue weighted by Crippen LogP contribution is 2.28. The number of morpholine rings is 1. The molecule has 0 aromatic heterocycles. The zero-order valence-electron chi connectivity index (χ0n) is 13.6. The first-order valence-corrected chi connectivity index (χ1v) is 8.49. The van der Waals surface area contributed by atoms with Crippen LogP contribution in [0.5, 0.6) is 0 Å². The minimum atomic E-state index is -0.759. The number of carbonyl (C=O) groups excluding carboxylic acids is 2. The average Bonchev–Trinajstić information content (AvgIpc) is 2.69. The lowest BCUT2D eigenvalue weighted by Gasteiger charge is -2.44. The fourth-order valence-corrected chi connectivity index (χ4v) is 3.91. The number of imide groups is 1. The maximum absolute atomic E-state index is 12.2. The smallest absolute Gasteiger partial charge is 0.325 e. The second-order valence-corrected chi connectivity index (χ2v) is 7.16. The molecule has 6 heteroatoms. The van der Waals surface area contributed by atoms with Gasteiger partial charge in [-0.1, -0.05) is 12.8 Å². The first kappa shape index (κ1) is 15.7. The molecule has 22 heavy (non-hydrogen) atoms. The summed E-state index contributed by atoms with van der Waals surface area (Å²) in [4.78, 5) is 27.9. The van der Waals surface area contributed by atoms with Crippen molar-refractivity contribution in [1.29, 1.82) is 0 Å². The van der Waals surface area contributed by atoms with Gasteiger partial charge in [0.15, 0.2) is 0 Å². The minimum absolute atomic E-state index is 0.116. The van der Waals surface area contributed by atoms with Gasteiger partial charge in [-0.05, 0) is 33.1 Å². The van der Waals surface area contributed by atoms with Crippen molar-refractivity contribution >= 4 is 11.9 Å². The summed E-state index contributed by atoms with van der Waals surface area (Å²) < 4.78 is 5.88. The van der Waals surface area contributed by atoms with Crippen molar-refractivity contribution < 1.29 is 14.3 Å². The third kappa shape index (κ3) is 2.99. The lowest BCUT2D eigenvalue weighted by atomic mass is 9.90. The van der Waals surface area contributed by atoms with Crippen molar-refractivity contribution in [2.75, 3.05) is 26.2 Å². The number of nitrogens with zero attached hydrogens (tertiary/aromatic N) is 2. The summed E-state index contributed by atoms with van der Waals surface area (Å²) in [6.45, 7) is 6.71. The van der Waals surface area contributed by atoms with Crippen molar-refractivity contribution in [2.45, 2.75) is 63.6 Å². The third-order valence-electron chi connectivity index (χ3n) is 5.12. The summed E-state index contributed by atoms with van der Waals surface area (Å²) >= 11 is 0. The summed E-state index contributed by atoms with van der Waals surface area (Å²) in [5, 5.41) is 2.73. The number of nitrogens with one attached hydrogen (secondary N) is 1. The van der Waals surface area contributed by atoms with Crippen LogP contribution in [0.15, 0.2) is 0 Å². The van der Waals surface area contributed by atoms with Crippen molar-refractivity contribution in [2.24, 2.45) is 0 Å². The van der Waals surface area contributed by atoms with E-state index in [2.05, 4.69) is 10.2 Å². The molecule has 3 amide bonds. The van der Waals surface area contributed by atoms with Crippen LogP contribution >= 0.6 is 0 Å². The molecule has 2 saturated heterocycles. The van der Waals surface area contributed by atoms with Gasteiger partial charge in [-0.2, -0.15) is 0 Å². The molecule has 1 N–H and O–H groups in total. The lowest BCUT2D eigenvalue weighted by molar-refractivity contribution is -0.130. The van der Waals surface area contributed by atoms with Gasteiger partial charge in [0.05, 0.1) is 12.7 Å². The van der Waals surface area contributed by atoms with Gasteiger partial charge >= 0.3 is 6.03 Å². The summed E-state index contributed by atoms with van der Waals surface area (Å²) in [6.07, 6.45) is 6.15. The summed E-state index contributed by atoms with van der Waals surface area (Å²) in [5.74, 6) is -0.116. The van der Waals surface area contributed by atoms with E-state index in [0.29, 0.717) is 18.7 Å². The molecule has 0 radical (unpaired) electrons. The van der Waals surface area contributed by atoms with Gasteiger partial charge < -0.3 is 10.1 Å². The van der Waals surface area contributed by atoms with Crippen LogP contribution in [0.2, 0.25) is 0 Å². The van der Waals surface area contributed by atoms with Gasteiger partial charge in [0.25, 0.3) is 5.91 Å². The third-order valence-corrected chi connectivity index (χ3v) is 5.12. The van der Waals surface area contributed by atoms with Crippen molar-refractivity contribution in [3.8, 4) is 0 Å². The molecule has 0 spiro atoms. The fraction of sp³-hybridized carbons (Fsp3) is 0.875. The molecule has 0 aromatic carbocycles. The Hall–Kier alpha value is -1.14. The van der Waals surface area contributed by atoms with Gasteiger partial charge in [0.2, 0.25) is 0 Å². The minimum Gasteiger partial charge on any atom is -0.375 e. The Labute approximate surface area is 132 Å². The predicted molar refractivity (Wildman–Crippen MR) is 82.5 cm³/mol. The second kappa shape index (κ2) is 6.16.